The van der Waals surface area contributed by atoms with E-state index < -0.39 is 22.7 Å². The highest BCUT2D eigenvalue weighted by atomic mass is 16.5. The molecular weight excluding hydrogens is 344 g/mol. The van der Waals surface area contributed by atoms with Gasteiger partial charge in [0, 0.05) is 5.92 Å². The molecule has 0 radical (unpaired) electrons. The maximum absolute atomic E-state index is 12.7. The van der Waals surface area contributed by atoms with Gasteiger partial charge in [0.05, 0.1) is 19.1 Å². The molecule has 8 atom stereocenters. The van der Waals surface area contributed by atoms with Gasteiger partial charge in [-0.15, -0.1) is 0 Å². The molecule has 2 N–H and O–H groups in total. The summed E-state index contributed by atoms with van der Waals surface area (Å²) in [5, 5.41) is 22.8. The number of fused-ring (bicyclic) bond motifs is 3. The van der Waals surface area contributed by atoms with Crippen molar-refractivity contribution < 1.29 is 24.5 Å². The van der Waals surface area contributed by atoms with Crippen LogP contribution in [0.3, 0.4) is 0 Å². The van der Waals surface area contributed by atoms with E-state index in [1.807, 2.05) is 13.8 Å². The molecule has 5 aliphatic rings. The number of hydrogen-bond donors (Lipinski definition) is 2. The molecule has 0 aromatic heterocycles. The van der Waals surface area contributed by atoms with Crippen molar-refractivity contribution >= 4 is 5.97 Å². The minimum absolute atomic E-state index is 0.0172. The Balaban J connectivity index is 1.76. The highest BCUT2D eigenvalue weighted by molar-refractivity contribution is 5.77. The maximum atomic E-state index is 12.7. The quantitative estimate of drug-likeness (QED) is 0.721. The summed E-state index contributed by atoms with van der Waals surface area (Å²) in [7, 11) is 1.49. The predicted molar refractivity (Wildman–Crippen MR) is 101 cm³/mol. The van der Waals surface area contributed by atoms with Gasteiger partial charge in [-0.05, 0) is 62.2 Å². The summed E-state index contributed by atoms with van der Waals surface area (Å²) in [6.07, 6.45) is 4.42. The number of hydrogen-bond acceptors (Lipinski definition) is 5. The van der Waals surface area contributed by atoms with E-state index in [1.54, 1.807) is 0 Å². The van der Waals surface area contributed by atoms with E-state index in [0.29, 0.717) is 13.0 Å². The summed E-state index contributed by atoms with van der Waals surface area (Å²) in [4.78, 5) is 12.7. The zero-order valence-electron chi connectivity index (χ0n) is 17.5. The van der Waals surface area contributed by atoms with E-state index in [4.69, 9.17) is 9.47 Å². The number of carbonyl (C=O) groups excluding carboxylic acids is 1. The van der Waals surface area contributed by atoms with Crippen molar-refractivity contribution in [3.63, 3.8) is 0 Å². The molecule has 0 aromatic rings. The highest BCUT2D eigenvalue weighted by Gasteiger charge is 2.73. The van der Waals surface area contributed by atoms with E-state index in [9.17, 15) is 15.0 Å². The van der Waals surface area contributed by atoms with Crippen LogP contribution >= 0.6 is 0 Å². The summed E-state index contributed by atoms with van der Waals surface area (Å²) in [5.74, 6) is 0.220. The second-order valence-electron chi connectivity index (χ2n) is 10.6. The third-order valence-corrected chi connectivity index (χ3v) is 9.39. The smallest absolute Gasteiger partial charge is 0.311 e. The SMILES string of the molecule is COC(=O)[C@]1(C)CCC[C@@]2(C)[C@H]3C[C@H]4CO[C@@]3(CC[C@H]21)[C@H](O)[C@]4(O)C(C)C. The van der Waals surface area contributed by atoms with Gasteiger partial charge in [0.15, 0.2) is 0 Å². The first-order valence-electron chi connectivity index (χ1n) is 10.7. The summed E-state index contributed by atoms with van der Waals surface area (Å²) in [6, 6.07) is 0. The zero-order chi connectivity index (χ0) is 19.8. The molecule has 2 aliphatic heterocycles. The van der Waals surface area contributed by atoms with Crippen molar-refractivity contribution in [3.05, 3.63) is 0 Å². The second kappa shape index (κ2) is 5.93. The fraction of sp³-hybridized carbons (Fsp3) is 0.955. The lowest BCUT2D eigenvalue weighted by Crippen LogP contribution is -2.78. The molecule has 27 heavy (non-hydrogen) atoms. The molecule has 2 saturated heterocycles. The normalized spacial score (nSPS) is 54.4. The van der Waals surface area contributed by atoms with E-state index >= 15 is 0 Å². The zero-order valence-corrected chi connectivity index (χ0v) is 17.5. The molecule has 5 rings (SSSR count). The average molecular weight is 381 g/mol. The van der Waals surface area contributed by atoms with Crippen LogP contribution in [0.15, 0.2) is 0 Å². The molecule has 1 spiro atoms. The molecule has 0 aromatic carbocycles. The summed E-state index contributed by atoms with van der Waals surface area (Å²) in [6.45, 7) is 8.89. The van der Waals surface area contributed by atoms with Gasteiger partial charge in [-0.25, -0.2) is 0 Å². The molecule has 3 saturated carbocycles. The van der Waals surface area contributed by atoms with E-state index in [1.165, 1.54) is 7.11 Å². The minimum atomic E-state index is -1.09. The molecule has 2 bridgehead atoms. The van der Waals surface area contributed by atoms with Crippen molar-refractivity contribution in [2.24, 2.45) is 34.5 Å². The van der Waals surface area contributed by atoms with Crippen molar-refractivity contribution in [1.82, 2.24) is 0 Å². The molecule has 0 amide bonds. The van der Waals surface area contributed by atoms with Crippen LogP contribution in [-0.2, 0) is 14.3 Å². The molecule has 3 aliphatic carbocycles. The highest BCUT2D eigenvalue weighted by Crippen LogP contribution is 2.69. The summed E-state index contributed by atoms with van der Waals surface area (Å²) < 4.78 is 11.6. The monoisotopic (exact) mass is 380 g/mol. The summed E-state index contributed by atoms with van der Waals surface area (Å²) in [5.41, 5.74) is -2.33. The fourth-order valence-corrected chi connectivity index (χ4v) is 7.94. The lowest BCUT2D eigenvalue weighted by Gasteiger charge is -2.71. The molecule has 5 fully saturated rings. The number of aliphatic hydroxyl groups excluding tert-OH is 1. The number of esters is 1. The molecule has 5 nitrogen and oxygen atoms in total. The third-order valence-electron chi connectivity index (χ3n) is 9.39. The standard InChI is InChI=1S/C22H36O5/c1-13(2)22(25)14-11-16-19(3)8-6-9-20(4,18(24)26-5)15(19)7-10-21(16,17(22)23)27-12-14/h13-17,23,25H,6-12H2,1-5H3/t14-,15+,16+,17-,19+,20+,21+,22-/m0/s1. The van der Waals surface area contributed by atoms with Gasteiger partial charge in [0.2, 0.25) is 0 Å². The predicted octanol–water partition coefficient (Wildman–Crippen LogP) is 2.92. The molecular formula is C22H36O5. The topological polar surface area (TPSA) is 76.0 Å². The maximum Gasteiger partial charge on any atom is 0.311 e. The van der Waals surface area contributed by atoms with Gasteiger partial charge in [0.1, 0.15) is 17.3 Å². The number of carbonyl (C=O) groups is 1. The third kappa shape index (κ3) is 2.20. The van der Waals surface area contributed by atoms with Crippen LogP contribution in [0.4, 0.5) is 0 Å². The minimum Gasteiger partial charge on any atom is -0.469 e. The van der Waals surface area contributed by atoms with Crippen LogP contribution < -0.4 is 0 Å². The van der Waals surface area contributed by atoms with Crippen molar-refractivity contribution in [2.75, 3.05) is 13.7 Å². The number of methoxy groups -OCH3 is 1. The van der Waals surface area contributed by atoms with Crippen LogP contribution in [0.2, 0.25) is 0 Å². The van der Waals surface area contributed by atoms with Crippen LogP contribution in [0.5, 0.6) is 0 Å². The largest absolute Gasteiger partial charge is 0.469 e. The Morgan fingerprint density at radius 3 is 2.52 bits per heavy atom. The van der Waals surface area contributed by atoms with Crippen molar-refractivity contribution in [2.45, 2.75) is 83.5 Å². The lowest BCUT2D eigenvalue weighted by molar-refractivity contribution is -0.361. The fourth-order valence-electron chi connectivity index (χ4n) is 7.94. The number of ether oxygens (including phenoxy) is 2. The van der Waals surface area contributed by atoms with Gasteiger partial charge in [-0.2, -0.15) is 0 Å². The first-order valence-corrected chi connectivity index (χ1v) is 10.7. The average Bonchev–Trinajstić information content (AvgIpc) is 2.64. The Labute approximate surface area is 162 Å². The van der Waals surface area contributed by atoms with Crippen molar-refractivity contribution in [3.8, 4) is 0 Å². The number of rotatable bonds is 2. The number of aliphatic hydroxyl groups is 2. The van der Waals surface area contributed by atoms with Gasteiger partial charge in [-0.3, -0.25) is 4.79 Å². The first kappa shape index (κ1) is 19.7. The Bertz CT molecular complexity index is 634. The summed E-state index contributed by atoms with van der Waals surface area (Å²) >= 11 is 0. The van der Waals surface area contributed by atoms with E-state index in [0.717, 1.165) is 32.1 Å². The Morgan fingerprint density at radius 1 is 1.19 bits per heavy atom. The lowest BCUT2D eigenvalue weighted by atomic mass is 9.39. The Morgan fingerprint density at radius 2 is 1.89 bits per heavy atom. The molecule has 2 heterocycles. The van der Waals surface area contributed by atoms with Gasteiger partial charge < -0.3 is 19.7 Å². The Hall–Kier alpha value is -0.650. The first-order chi connectivity index (χ1) is 12.6. The van der Waals surface area contributed by atoms with Crippen LogP contribution in [-0.4, -0.2) is 47.2 Å². The van der Waals surface area contributed by atoms with Gasteiger partial charge in [0.25, 0.3) is 0 Å². The second-order valence-corrected chi connectivity index (χ2v) is 10.6. The Kier molecular flexibility index (Phi) is 4.32. The molecule has 154 valence electrons. The van der Waals surface area contributed by atoms with E-state index in [-0.39, 0.29) is 35.1 Å². The van der Waals surface area contributed by atoms with Crippen molar-refractivity contribution in [1.29, 1.82) is 0 Å². The van der Waals surface area contributed by atoms with Crippen LogP contribution in [0, 0.1) is 34.5 Å². The molecule has 0 unspecified atom stereocenters. The van der Waals surface area contributed by atoms with Gasteiger partial charge in [-0.1, -0.05) is 27.2 Å². The van der Waals surface area contributed by atoms with E-state index in [2.05, 4.69) is 13.8 Å². The van der Waals surface area contributed by atoms with Gasteiger partial charge >= 0.3 is 5.97 Å². The van der Waals surface area contributed by atoms with Crippen LogP contribution in [0.1, 0.15) is 66.2 Å². The van der Waals surface area contributed by atoms with Crippen LogP contribution in [0.25, 0.3) is 0 Å². The molecule has 5 heteroatoms.